The number of rotatable bonds is 9. The van der Waals surface area contributed by atoms with Crippen LogP contribution in [0.1, 0.15) is 30.1 Å². The van der Waals surface area contributed by atoms with Crippen molar-refractivity contribution in [1.82, 2.24) is 8.87 Å². The van der Waals surface area contributed by atoms with E-state index in [4.69, 9.17) is 32.7 Å². The number of ether oxygens (including phenoxy) is 2. The third-order valence-electron chi connectivity index (χ3n) is 5.89. The lowest BCUT2D eigenvalue weighted by Gasteiger charge is -2.20. The average molecular weight is 573 g/mol. The molecule has 0 radical (unpaired) electrons. The molecule has 1 aliphatic heterocycles. The molecule has 1 unspecified atom stereocenters. The number of carbonyl (C=O) groups excluding carboxylic acids is 1. The van der Waals surface area contributed by atoms with Gasteiger partial charge in [0.15, 0.2) is 4.80 Å². The molecule has 0 N–H and O–H groups in total. The van der Waals surface area contributed by atoms with Crippen LogP contribution >= 0.6 is 34.5 Å². The lowest BCUT2D eigenvalue weighted by molar-refractivity contribution is 0.0979. The van der Waals surface area contributed by atoms with Crippen LogP contribution < -0.4 is 4.80 Å². The minimum atomic E-state index is -3.71. The second-order valence-electron chi connectivity index (χ2n) is 8.30. The Morgan fingerprint density at radius 3 is 2.67 bits per heavy atom. The highest BCUT2D eigenvalue weighted by molar-refractivity contribution is 7.89. The summed E-state index contributed by atoms with van der Waals surface area (Å²) in [7, 11) is -2.17. The molecule has 8 nitrogen and oxygen atoms in total. The molecule has 2 heterocycles. The van der Waals surface area contributed by atoms with Gasteiger partial charge in [0, 0.05) is 38.9 Å². The zero-order valence-electron chi connectivity index (χ0n) is 19.9. The number of aromatic nitrogens is 1. The van der Waals surface area contributed by atoms with Crippen molar-refractivity contribution in [3.05, 3.63) is 56.8 Å². The van der Waals surface area contributed by atoms with Crippen molar-refractivity contribution in [2.45, 2.75) is 37.3 Å². The van der Waals surface area contributed by atoms with Gasteiger partial charge in [-0.3, -0.25) is 4.79 Å². The van der Waals surface area contributed by atoms with E-state index in [1.165, 1.54) is 47.0 Å². The SMILES string of the molecule is CCOCCn1c(=NC(=O)c2ccc(S(=O)(=O)N(C)CC3CCCO3)cc2)sc2ccc(Cl)c(Cl)c21. The second-order valence-corrected chi connectivity index (χ2v) is 12.1. The predicted octanol–water partition coefficient (Wildman–Crippen LogP) is 4.59. The van der Waals surface area contributed by atoms with Crippen LogP contribution in [0.5, 0.6) is 0 Å². The lowest BCUT2D eigenvalue weighted by Crippen LogP contribution is -2.34. The molecule has 1 saturated heterocycles. The van der Waals surface area contributed by atoms with Crippen molar-refractivity contribution in [2.24, 2.45) is 4.99 Å². The summed E-state index contributed by atoms with van der Waals surface area (Å²) in [5, 5.41) is 0.795. The van der Waals surface area contributed by atoms with E-state index in [0.717, 1.165) is 17.5 Å². The largest absolute Gasteiger partial charge is 0.380 e. The Morgan fingerprint density at radius 2 is 2.00 bits per heavy atom. The van der Waals surface area contributed by atoms with Crippen molar-refractivity contribution < 1.29 is 22.7 Å². The van der Waals surface area contributed by atoms with Gasteiger partial charge in [-0.2, -0.15) is 9.30 Å². The molecular formula is C24H27Cl2N3O5S2. The summed E-state index contributed by atoms with van der Waals surface area (Å²) in [6, 6.07) is 9.34. The first-order chi connectivity index (χ1) is 17.2. The van der Waals surface area contributed by atoms with Gasteiger partial charge in [0.1, 0.15) is 0 Å². The van der Waals surface area contributed by atoms with E-state index in [2.05, 4.69) is 4.99 Å². The van der Waals surface area contributed by atoms with Crippen molar-refractivity contribution in [3.63, 3.8) is 0 Å². The van der Waals surface area contributed by atoms with Crippen molar-refractivity contribution in [2.75, 3.05) is 33.4 Å². The Kier molecular flexibility index (Phi) is 8.87. The first-order valence-corrected chi connectivity index (χ1v) is 14.6. The maximum Gasteiger partial charge on any atom is 0.279 e. The quantitative estimate of drug-likeness (QED) is 0.350. The smallest absolute Gasteiger partial charge is 0.279 e. The molecule has 0 bridgehead atoms. The van der Waals surface area contributed by atoms with Gasteiger partial charge in [-0.05, 0) is 56.2 Å². The summed E-state index contributed by atoms with van der Waals surface area (Å²) in [6.45, 7) is 4.26. The summed E-state index contributed by atoms with van der Waals surface area (Å²) >= 11 is 14.0. The third kappa shape index (κ3) is 5.85. The van der Waals surface area contributed by atoms with Crippen LogP contribution in [0, 0.1) is 0 Å². The maximum atomic E-state index is 13.0. The number of thiazole rings is 1. The van der Waals surface area contributed by atoms with Gasteiger partial charge >= 0.3 is 0 Å². The molecular weight excluding hydrogens is 545 g/mol. The number of hydrogen-bond acceptors (Lipinski definition) is 6. The molecule has 0 aliphatic carbocycles. The summed E-state index contributed by atoms with van der Waals surface area (Å²) in [6.07, 6.45) is 1.68. The third-order valence-corrected chi connectivity index (χ3v) is 9.56. The number of fused-ring (bicyclic) bond motifs is 1. The standard InChI is InChI=1S/C24H27Cl2N3O5S2/c1-3-33-14-12-29-22-20(11-10-19(25)21(22)26)35-24(29)27-23(30)16-6-8-18(9-7-16)36(31,32)28(2)15-17-5-4-13-34-17/h6-11,17H,3-5,12-15H2,1-2H3. The van der Waals surface area contributed by atoms with Crippen LogP contribution in [0.25, 0.3) is 10.2 Å². The van der Waals surface area contributed by atoms with Gasteiger partial charge in [-0.25, -0.2) is 8.42 Å². The number of carbonyl (C=O) groups is 1. The Balaban J connectivity index is 1.61. The molecule has 1 atom stereocenters. The molecule has 1 aliphatic rings. The van der Waals surface area contributed by atoms with Crippen LogP contribution in [0.4, 0.5) is 0 Å². The molecule has 0 spiro atoms. The number of amides is 1. The highest BCUT2D eigenvalue weighted by Gasteiger charge is 2.26. The average Bonchev–Trinajstić information content (AvgIpc) is 3.50. The molecule has 1 aromatic heterocycles. The number of halogens is 2. The minimum absolute atomic E-state index is 0.0939. The molecule has 4 rings (SSSR count). The zero-order valence-corrected chi connectivity index (χ0v) is 23.1. The number of hydrogen-bond donors (Lipinski definition) is 0. The topological polar surface area (TPSA) is 90.2 Å². The van der Waals surface area contributed by atoms with Gasteiger partial charge in [-0.1, -0.05) is 34.5 Å². The van der Waals surface area contributed by atoms with Crippen molar-refractivity contribution in [3.8, 4) is 0 Å². The van der Waals surface area contributed by atoms with Gasteiger partial charge in [0.05, 0.1) is 37.9 Å². The highest BCUT2D eigenvalue weighted by atomic mass is 35.5. The van der Waals surface area contributed by atoms with Crippen LogP contribution in [-0.2, 0) is 26.0 Å². The van der Waals surface area contributed by atoms with E-state index < -0.39 is 15.9 Å². The number of sulfonamides is 1. The Morgan fingerprint density at radius 1 is 1.25 bits per heavy atom. The van der Waals surface area contributed by atoms with E-state index in [0.29, 0.717) is 53.3 Å². The Labute approximate surface area is 224 Å². The predicted molar refractivity (Wildman–Crippen MR) is 141 cm³/mol. The van der Waals surface area contributed by atoms with Crippen molar-refractivity contribution in [1.29, 1.82) is 0 Å². The molecule has 2 aromatic carbocycles. The molecule has 12 heteroatoms. The molecule has 0 saturated carbocycles. The highest BCUT2D eigenvalue weighted by Crippen LogP contribution is 2.32. The van der Waals surface area contributed by atoms with Gasteiger partial charge in [0.25, 0.3) is 5.91 Å². The zero-order chi connectivity index (χ0) is 25.9. The first kappa shape index (κ1) is 27.3. The normalized spacial score (nSPS) is 16.9. The van der Waals surface area contributed by atoms with Crippen LogP contribution in [0.3, 0.4) is 0 Å². The summed E-state index contributed by atoms with van der Waals surface area (Å²) in [4.78, 5) is 17.9. The van der Waals surface area contributed by atoms with Crippen molar-refractivity contribution >= 4 is 60.7 Å². The lowest BCUT2D eigenvalue weighted by atomic mass is 10.2. The van der Waals surface area contributed by atoms with Crippen LogP contribution in [0.15, 0.2) is 46.3 Å². The molecule has 194 valence electrons. The minimum Gasteiger partial charge on any atom is -0.380 e. The van der Waals surface area contributed by atoms with Gasteiger partial charge in [-0.15, -0.1) is 0 Å². The van der Waals surface area contributed by atoms with Gasteiger partial charge in [0.2, 0.25) is 10.0 Å². The summed E-state index contributed by atoms with van der Waals surface area (Å²) in [5.41, 5.74) is 0.963. The number of benzene rings is 2. The first-order valence-electron chi connectivity index (χ1n) is 11.5. The number of nitrogens with zero attached hydrogens (tertiary/aromatic N) is 3. The summed E-state index contributed by atoms with van der Waals surface area (Å²) in [5.74, 6) is -0.495. The van der Waals surface area contributed by atoms with Crippen LogP contribution in [0.2, 0.25) is 10.0 Å². The monoisotopic (exact) mass is 571 g/mol. The summed E-state index contributed by atoms with van der Waals surface area (Å²) < 4.78 is 40.9. The maximum absolute atomic E-state index is 13.0. The molecule has 3 aromatic rings. The van der Waals surface area contributed by atoms with E-state index in [9.17, 15) is 13.2 Å². The van der Waals surface area contributed by atoms with E-state index in [1.807, 2.05) is 17.6 Å². The van der Waals surface area contributed by atoms with E-state index in [1.54, 1.807) is 6.07 Å². The van der Waals surface area contributed by atoms with Gasteiger partial charge < -0.3 is 14.0 Å². The van der Waals surface area contributed by atoms with E-state index >= 15 is 0 Å². The molecule has 36 heavy (non-hydrogen) atoms. The molecule has 1 fully saturated rings. The fraction of sp³-hybridized carbons (Fsp3) is 0.417. The molecule has 1 amide bonds. The Bertz CT molecular complexity index is 1410. The Hall–Kier alpha value is -1.79. The fourth-order valence-corrected chi connectivity index (χ4v) is 6.71. The van der Waals surface area contributed by atoms with E-state index in [-0.39, 0.29) is 16.6 Å². The van der Waals surface area contributed by atoms with Crippen LogP contribution in [-0.4, -0.2) is 62.7 Å². The fourth-order valence-electron chi connectivity index (χ4n) is 3.97. The second kappa shape index (κ2) is 11.7. The number of likely N-dealkylation sites (N-methyl/N-ethyl adjacent to an activating group) is 1.